The number of amides is 1. The monoisotopic (exact) mass is 209 g/mol. The summed E-state index contributed by atoms with van der Waals surface area (Å²) in [5, 5.41) is 2.85. The van der Waals surface area contributed by atoms with Gasteiger partial charge in [-0.25, -0.2) is 0 Å². The van der Waals surface area contributed by atoms with E-state index in [0.29, 0.717) is 0 Å². The maximum Gasteiger partial charge on any atom is 0.237 e. The van der Waals surface area contributed by atoms with Crippen LogP contribution in [0.15, 0.2) is 11.3 Å². The second-order valence-corrected chi connectivity index (χ2v) is 5.41. The van der Waals surface area contributed by atoms with E-state index in [0.717, 1.165) is 11.3 Å². The summed E-state index contributed by atoms with van der Waals surface area (Å²) in [6, 6.07) is 0. The summed E-state index contributed by atoms with van der Waals surface area (Å²) >= 11 is 0. The van der Waals surface area contributed by atoms with Crippen LogP contribution in [0, 0.1) is 10.8 Å². The lowest BCUT2D eigenvalue weighted by Gasteiger charge is -2.40. The van der Waals surface area contributed by atoms with Crippen molar-refractivity contribution in [3.8, 4) is 0 Å². The summed E-state index contributed by atoms with van der Waals surface area (Å²) in [6.45, 7) is 10.9. The Morgan fingerprint density at radius 1 is 1.00 bits per heavy atom. The number of allylic oxidation sites excluding steroid dienone is 2. The van der Waals surface area contributed by atoms with Crippen LogP contribution in [0.2, 0.25) is 0 Å². The first-order valence-corrected chi connectivity index (χ1v) is 5.16. The van der Waals surface area contributed by atoms with Gasteiger partial charge >= 0.3 is 0 Å². The van der Waals surface area contributed by atoms with Gasteiger partial charge in [-0.3, -0.25) is 9.59 Å². The molecule has 0 aliphatic carbocycles. The number of carbonyl (C=O) groups is 2. The Morgan fingerprint density at radius 3 is 1.87 bits per heavy atom. The summed E-state index contributed by atoms with van der Waals surface area (Å²) in [4.78, 5) is 24.0. The number of piperidine rings is 1. The maximum absolute atomic E-state index is 12.2. The first-order valence-electron chi connectivity index (χ1n) is 5.16. The minimum absolute atomic E-state index is 0.0186. The third-order valence-electron chi connectivity index (χ3n) is 3.07. The third-order valence-corrected chi connectivity index (χ3v) is 3.07. The largest absolute Gasteiger partial charge is 0.328 e. The van der Waals surface area contributed by atoms with Gasteiger partial charge in [-0.2, -0.15) is 0 Å². The molecule has 1 N–H and O–H groups in total. The van der Waals surface area contributed by atoms with Crippen molar-refractivity contribution < 1.29 is 9.59 Å². The van der Waals surface area contributed by atoms with Gasteiger partial charge in [-0.05, 0) is 41.5 Å². The van der Waals surface area contributed by atoms with Crippen molar-refractivity contribution in [3.05, 3.63) is 11.3 Å². The molecule has 1 fully saturated rings. The molecule has 1 heterocycles. The van der Waals surface area contributed by atoms with Gasteiger partial charge in [0.1, 0.15) is 5.41 Å². The average molecular weight is 209 g/mol. The first kappa shape index (κ1) is 12.0. The van der Waals surface area contributed by atoms with Crippen LogP contribution >= 0.6 is 0 Å². The number of Topliss-reactive ketones (excluding diaryl/α,β-unsaturated/α-hetero) is 1. The van der Waals surface area contributed by atoms with Crippen molar-refractivity contribution in [1.29, 1.82) is 0 Å². The Morgan fingerprint density at radius 2 is 1.47 bits per heavy atom. The number of rotatable bonds is 0. The molecule has 0 aromatic carbocycles. The minimum Gasteiger partial charge on any atom is -0.328 e. The first-order chi connectivity index (χ1) is 6.61. The number of carbonyl (C=O) groups excluding carboxylic acids is 2. The van der Waals surface area contributed by atoms with Crippen LogP contribution in [0.5, 0.6) is 0 Å². The zero-order valence-corrected chi connectivity index (χ0v) is 10.3. The molecule has 1 aliphatic heterocycles. The molecule has 0 atom stereocenters. The molecule has 0 radical (unpaired) electrons. The third kappa shape index (κ3) is 1.60. The van der Waals surface area contributed by atoms with Gasteiger partial charge in [0, 0.05) is 5.70 Å². The highest BCUT2D eigenvalue weighted by atomic mass is 16.2. The van der Waals surface area contributed by atoms with E-state index in [1.165, 1.54) is 0 Å². The summed E-state index contributed by atoms with van der Waals surface area (Å²) in [6.07, 6.45) is 0. The zero-order valence-electron chi connectivity index (χ0n) is 10.3. The standard InChI is InChI=1S/C12H19NO2/c1-7(2)8-11(3,4)9(14)12(5,6)10(15)13-8/h1-6H3,(H,13,15). The smallest absolute Gasteiger partial charge is 0.237 e. The molecular weight excluding hydrogens is 190 g/mol. The molecule has 1 rings (SSSR count). The molecule has 1 saturated heterocycles. The van der Waals surface area contributed by atoms with Crippen molar-refractivity contribution in [2.75, 3.05) is 0 Å². The van der Waals surface area contributed by atoms with Crippen LogP contribution in [-0.2, 0) is 9.59 Å². The van der Waals surface area contributed by atoms with E-state index >= 15 is 0 Å². The molecule has 3 heteroatoms. The lowest BCUT2D eigenvalue weighted by Crippen LogP contribution is -2.56. The Bertz CT molecular complexity index is 358. The van der Waals surface area contributed by atoms with Crippen LogP contribution in [0.4, 0.5) is 0 Å². The van der Waals surface area contributed by atoms with Gasteiger partial charge in [0.2, 0.25) is 5.91 Å². The Hall–Kier alpha value is -1.12. The van der Waals surface area contributed by atoms with Gasteiger partial charge in [-0.1, -0.05) is 5.57 Å². The second-order valence-electron chi connectivity index (χ2n) is 5.41. The molecule has 84 valence electrons. The second kappa shape index (κ2) is 3.19. The maximum atomic E-state index is 12.2. The lowest BCUT2D eigenvalue weighted by molar-refractivity contribution is -0.147. The minimum atomic E-state index is -0.928. The predicted molar refractivity (Wildman–Crippen MR) is 59.1 cm³/mol. The van der Waals surface area contributed by atoms with Gasteiger partial charge < -0.3 is 5.32 Å². The van der Waals surface area contributed by atoms with Crippen molar-refractivity contribution >= 4 is 11.7 Å². The van der Waals surface area contributed by atoms with Crippen LogP contribution < -0.4 is 5.32 Å². The summed E-state index contributed by atoms with van der Waals surface area (Å²) < 4.78 is 0. The highest BCUT2D eigenvalue weighted by Crippen LogP contribution is 2.40. The van der Waals surface area contributed by atoms with Gasteiger partial charge in [0.15, 0.2) is 5.78 Å². The van der Waals surface area contributed by atoms with E-state index < -0.39 is 10.8 Å². The molecule has 3 nitrogen and oxygen atoms in total. The van der Waals surface area contributed by atoms with Crippen molar-refractivity contribution in [3.63, 3.8) is 0 Å². The van der Waals surface area contributed by atoms with Crippen molar-refractivity contribution in [2.24, 2.45) is 10.8 Å². The SMILES string of the molecule is CC(C)=C1NC(=O)C(C)(C)C(=O)C1(C)C. The van der Waals surface area contributed by atoms with Crippen LogP contribution in [0.25, 0.3) is 0 Å². The Balaban J connectivity index is 3.33. The van der Waals surface area contributed by atoms with Crippen molar-refractivity contribution in [1.82, 2.24) is 5.32 Å². The molecule has 0 saturated carbocycles. The molecule has 0 aromatic heterocycles. The van der Waals surface area contributed by atoms with Crippen molar-refractivity contribution in [2.45, 2.75) is 41.5 Å². The molecule has 1 amide bonds. The molecule has 0 aromatic rings. The average Bonchev–Trinajstić information content (AvgIpc) is 2.09. The van der Waals surface area contributed by atoms with Crippen LogP contribution in [0.3, 0.4) is 0 Å². The van der Waals surface area contributed by atoms with E-state index in [2.05, 4.69) is 5.32 Å². The van der Waals surface area contributed by atoms with E-state index in [9.17, 15) is 9.59 Å². The Labute approximate surface area is 90.9 Å². The fraction of sp³-hybridized carbons (Fsp3) is 0.667. The summed E-state index contributed by atoms with van der Waals surface area (Å²) in [5.74, 6) is -0.224. The topological polar surface area (TPSA) is 46.2 Å². The number of ketones is 1. The Kier molecular flexibility index (Phi) is 2.54. The van der Waals surface area contributed by atoms with E-state index in [4.69, 9.17) is 0 Å². The number of hydrogen-bond acceptors (Lipinski definition) is 2. The molecule has 1 aliphatic rings. The molecule has 0 bridgehead atoms. The number of hydrogen-bond donors (Lipinski definition) is 1. The van der Waals surface area contributed by atoms with Gasteiger partial charge in [-0.15, -0.1) is 0 Å². The van der Waals surface area contributed by atoms with E-state index in [1.54, 1.807) is 13.8 Å². The predicted octanol–water partition coefficient (Wildman–Crippen LogP) is 2.03. The fourth-order valence-electron chi connectivity index (χ4n) is 2.17. The molecule has 0 unspecified atom stereocenters. The summed E-state index contributed by atoms with van der Waals surface area (Å²) in [5.41, 5.74) is 0.202. The van der Waals surface area contributed by atoms with E-state index in [1.807, 2.05) is 27.7 Å². The number of nitrogens with one attached hydrogen (secondary N) is 1. The van der Waals surface area contributed by atoms with Crippen LogP contribution in [-0.4, -0.2) is 11.7 Å². The molecular formula is C12H19NO2. The fourth-order valence-corrected chi connectivity index (χ4v) is 2.17. The molecule has 15 heavy (non-hydrogen) atoms. The van der Waals surface area contributed by atoms with Gasteiger partial charge in [0.05, 0.1) is 5.41 Å². The zero-order chi connectivity index (χ0) is 12.0. The van der Waals surface area contributed by atoms with Gasteiger partial charge in [0.25, 0.3) is 0 Å². The van der Waals surface area contributed by atoms with E-state index in [-0.39, 0.29) is 11.7 Å². The summed E-state index contributed by atoms with van der Waals surface area (Å²) in [7, 11) is 0. The highest BCUT2D eigenvalue weighted by Gasteiger charge is 2.51. The lowest BCUT2D eigenvalue weighted by atomic mass is 9.67. The highest BCUT2D eigenvalue weighted by molar-refractivity contribution is 6.12. The van der Waals surface area contributed by atoms with Crippen LogP contribution in [0.1, 0.15) is 41.5 Å². The molecule has 0 spiro atoms. The normalized spacial score (nSPS) is 23.7. The quantitative estimate of drug-likeness (QED) is 0.620.